The van der Waals surface area contributed by atoms with Gasteiger partial charge in [-0.3, -0.25) is 4.98 Å². The van der Waals surface area contributed by atoms with Crippen LogP contribution in [0.15, 0.2) is 30.6 Å². The number of aromatic nitrogens is 2. The van der Waals surface area contributed by atoms with Crippen molar-refractivity contribution in [3.63, 3.8) is 0 Å². The molecule has 0 saturated heterocycles. The smallest absolute Gasteiger partial charge is 0.158 e. The maximum absolute atomic E-state index is 13.4. The first-order valence-electron chi connectivity index (χ1n) is 4.45. The topological polar surface area (TPSA) is 63.8 Å². The Morgan fingerprint density at radius 3 is 2.25 bits per heavy atom. The van der Waals surface area contributed by atoms with Crippen molar-refractivity contribution in [2.24, 2.45) is 5.84 Å². The van der Waals surface area contributed by atoms with Crippen LogP contribution in [0.2, 0.25) is 0 Å². The highest BCUT2D eigenvalue weighted by Gasteiger charge is 2.12. The predicted molar refractivity (Wildman–Crippen MR) is 55.2 cm³/mol. The molecule has 16 heavy (non-hydrogen) atoms. The van der Waals surface area contributed by atoms with Crippen LogP contribution in [-0.4, -0.2) is 9.97 Å². The normalized spacial score (nSPS) is 10.2. The summed E-state index contributed by atoms with van der Waals surface area (Å²) in [6.45, 7) is 0. The van der Waals surface area contributed by atoms with Gasteiger partial charge in [-0.15, -0.1) is 0 Å². The first-order chi connectivity index (χ1) is 7.72. The van der Waals surface area contributed by atoms with E-state index in [0.717, 1.165) is 12.1 Å². The van der Waals surface area contributed by atoms with Crippen LogP contribution in [0.1, 0.15) is 0 Å². The van der Waals surface area contributed by atoms with E-state index < -0.39 is 11.6 Å². The van der Waals surface area contributed by atoms with E-state index in [4.69, 9.17) is 5.84 Å². The minimum Gasteiger partial charge on any atom is -0.307 e. The number of benzene rings is 1. The minimum absolute atomic E-state index is 0.120. The van der Waals surface area contributed by atoms with Gasteiger partial charge in [-0.2, -0.15) is 0 Å². The fraction of sp³-hybridized carbons (Fsp3) is 0. The van der Waals surface area contributed by atoms with Crippen LogP contribution in [0.4, 0.5) is 14.6 Å². The van der Waals surface area contributed by atoms with Gasteiger partial charge in [0, 0.05) is 0 Å². The van der Waals surface area contributed by atoms with Crippen molar-refractivity contribution < 1.29 is 8.78 Å². The molecule has 0 aliphatic heterocycles. The second kappa shape index (κ2) is 4.19. The molecule has 0 unspecified atom stereocenters. The van der Waals surface area contributed by atoms with Crippen LogP contribution >= 0.6 is 0 Å². The van der Waals surface area contributed by atoms with Crippen molar-refractivity contribution in [1.29, 1.82) is 0 Å². The largest absolute Gasteiger partial charge is 0.307 e. The van der Waals surface area contributed by atoms with Crippen molar-refractivity contribution in [3.05, 3.63) is 42.2 Å². The summed E-state index contributed by atoms with van der Waals surface area (Å²) in [6.07, 6.45) is 2.54. The van der Waals surface area contributed by atoms with Crippen LogP contribution in [0.25, 0.3) is 11.3 Å². The lowest BCUT2D eigenvalue weighted by molar-refractivity contribution is 0.588. The van der Waals surface area contributed by atoms with Gasteiger partial charge in [-0.25, -0.2) is 19.6 Å². The third-order valence-corrected chi connectivity index (χ3v) is 2.02. The molecule has 2 rings (SSSR count). The van der Waals surface area contributed by atoms with E-state index in [1.165, 1.54) is 18.5 Å². The van der Waals surface area contributed by atoms with Crippen LogP contribution < -0.4 is 11.3 Å². The standard InChI is InChI=1S/C10H8F2N4/c11-6-2-1-3-7(12)10(6)8-4-15-9(16-13)5-14-8/h1-5H,13H2,(H,15,16). The molecule has 2 aromatic rings. The number of nitrogens with one attached hydrogen (secondary N) is 1. The summed E-state index contributed by atoms with van der Waals surface area (Å²) in [5, 5.41) is 0. The van der Waals surface area contributed by atoms with Crippen LogP contribution in [0, 0.1) is 11.6 Å². The Morgan fingerprint density at radius 1 is 1.06 bits per heavy atom. The fourth-order valence-corrected chi connectivity index (χ4v) is 1.27. The average Bonchev–Trinajstić information content (AvgIpc) is 2.30. The van der Waals surface area contributed by atoms with Gasteiger partial charge < -0.3 is 5.43 Å². The van der Waals surface area contributed by atoms with E-state index in [9.17, 15) is 8.78 Å². The molecule has 0 saturated carbocycles. The third kappa shape index (κ3) is 1.82. The van der Waals surface area contributed by atoms with Crippen molar-refractivity contribution >= 4 is 5.82 Å². The summed E-state index contributed by atoms with van der Waals surface area (Å²) in [4.78, 5) is 7.68. The van der Waals surface area contributed by atoms with Crippen molar-refractivity contribution in [2.45, 2.75) is 0 Å². The van der Waals surface area contributed by atoms with E-state index in [2.05, 4.69) is 15.4 Å². The molecule has 0 fully saturated rings. The molecule has 1 heterocycles. The Balaban J connectivity index is 2.50. The van der Waals surface area contributed by atoms with Gasteiger partial charge >= 0.3 is 0 Å². The number of nitrogens with zero attached hydrogens (tertiary/aromatic N) is 2. The Labute approximate surface area is 90.1 Å². The van der Waals surface area contributed by atoms with Gasteiger partial charge in [0.15, 0.2) is 5.82 Å². The van der Waals surface area contributed by atoms with Gasteiger partial charge in [0.1, 0.15) is 11.6 Å². The molecule has 0 radical (unpaired) electrons. The average molecular weight is 222 g/mol. The predicted octanol–water partition coefficient (Wildman–Crippen LogP) is 1.71. The van der Waals surface area contributed by atoms with Crippen molar-refractivity contribution in [1.82, 2.24) is 9.97 Å². The zero-order chi connectivity index (χ0) is 11.5. The van der Waals surface area contributed by atoms with E-state index in [1.54, 1.807) is 0 Å². The molecule has 0 spiro atoms. The summed E-state index contributed by atoms with van der Waals surface area (Å²) >= 11 is 0. The maximum Gasteiger partial charge on any atom is 0.158 e. The summed E-state index contributed by atoms with van der Waals surface area (Å²) < 4.78 is 26.7. The molecule has 6 heteroatoms. The van der Waals surface area contributed by atoms with Gasteiger partial charge in [-0.1, -0.05) is 6.07 Å². The lowest BCUT2D eigenvalue weighted by Crippen LogP contribution is -2.08. The number of rotatable bonds is 2. The summed E-state index contributed by atoms with van der Waals surface area (Å²) in [6, 6.07) is 3.61. The molecule has 0 atom stereocenters. The van der Waals surface area contributed by atoms with Crippen LogP contribution in [0.5, 0.6) is 0 Å². The monoisotopic (exact) mass is 222 g/mol. The molecule has 0 amide bonds. The van der Waals surface area contributed by atoms with E-state index in [1.807, 2.05) is 0 Å². The summed E-state index contributed by atoms with van der Waals surface area (Å²) in [7, 11) is 0. The SMILES string of the molecule is NNc1cnc(-c2c(F)cccc2F)cn1. The fourth-order valence-electron chi connectivity index (χ4n) is 1.27. The summed E-state index contributed by atoms with van der Waals surface area (Å²) in [5.74, 6) is 4.06. The second-order valence-corrected chi connectivity index (χ2v) is 3.03. The molecular formula is C10H8F2N4. The lowest BCUT2D eigenvalue weighted by Gasteiger charge is -2.04. The van der Waals surface area contributed by atoms with Crippen LogP contribution in [-0.2, 0) is 0 Å². The van der Waals surface area contributed by atoms with E-state index >= 15 is 0 Å². The second-order valence-electron chi connectivity index (χ2n) is 3.03. The zero-order valence-corrected chi connectivity index (χ0v) is 8.11. The quantitative estimate of drug-likeness (QED) is 0.599. The number of anilines is 1. The minimum atomic E-state index is -0.678. The number of hydrogen-bond donors (Lipinski definition) is 2. The Bertz CT molecular complexity index is 478. The van der Waals surface area contributed by atoms with Crippen molar-refractivity contribution in [3.8, 4) is 11.3 Å². The molecule has 4 nitrogen and oxygen atoms in total. The maximum atomic E-state index is 13.4. The lowest BCUT2D eigenvalue weighted by atomic mass is 10.1. The Hall–Kier alpha value is -2.08. The first kappa shape index (κ1) is 10.4. The number of halogens is 2. The van der Waals surface area contributed by atoms with E-state index in [-0.39, 0.29) is 11.3 Å². The molecular weight excluding hydrogens is 214 g/mol. The molecule has 0 bridgehead atoms. The highest BCUT2D eigenvalue weighted by molar-refractivity contribution is 5.60. The molecule has 3 N–H and O–H groups in total. The van der Waals surface area contributed by atoms with Gasteiger partial charge in [-0.05, 0) is 12.1 Å². The molecule has 82 valence electrons. The molecule has 0 aliphatic carbocycles. The molecule has 1 aromatic carbocycles. The third-order valence-electron chi connectivity index (χ3n) is 2.02. The van der Waals surface area contributed by atoms with Crippen molar-refractivity contribution in [2.75, 3.05) is 5.43 Å². The zero-order valence-electron chi connectivity index (χ0n) is 8.11. The molecule has 1 aromatic heterocycles. The van der Waals surface area contributed by atoms with Gasteiger partial charge in [0.05, 0.1) is 23.7 Å². The van der Waals surface area contributed by atoms with Gasteiger partial charge in [0.25, 0.3) is 0 Å². The van der Waals surface area contributed by atoms with Gasteiger partial charge in [0.2, 0.25) is 0 Å². The van der Waals surface area contributed by atoms with E-state index in [0.29, 0.717) is 5.82 Å². The number of nitrogens with two attached hydrogens (primary N) is 1. The Morgan fingerprint density at radius 2 is 1.75 bits per heavy atom. The number of hydrazine groups is 1. The first-order valence-corrected chi connectivity index (χ1v) is 4.45. The van der Waals surface area contributed by atoms with Crippen LogP contribution in [0.3, 0.4) is 0 Å². The number of nitrogen functional groups attached to an aromatic ring is 1. The highest BCUT2D eigenvalue weighted by atomic mass is 19.1. The summed E-state index contributed by atoms with van der Waals surface area (Å²) in [5.41, 5.74) is 2.20. The number of hydrogen-bond acceptors (Lipinski definition) is 4. The molecule has 0 aliphatic rings. The highest BCUT2D eigenvalue weighted by Crippen LogP contribution is 2.23. The Kier molecular flexibility index (Phi) is 2.74.